The first kappa shape index (κ1) is 24.7. The molecule has 3 aromatic rings. The number of rotatable bonds is 10. The number of nitriles is 1. The SMILES string of the molecule is CC(C)(Cc1sc(Cl)cc1CCCOc1c(-c2ccc(C(=O)O)cc2)ccnc1C#N)NO. The van der Waals surface area contributed by atoms with Crippen LogP contribution < -0.4 is 10.2 Å². The van der Waals surface area contributed by atoms with Gasteiger partial charge in [0.15, 0.2) is 11.4 Å². The number of ether oxygens (including phenoxy) is 1. The minimum atomic E-state index is -1.00. The number of carbonyl (C=O) groups is 1. The molecule has 1 aromatic carbocycles. The van der Waals surface area contributed by atoms with Crippen molar-refractivity contribution in [2.24, 2.45) is 0 Å². The Morgan fingerprint density at radius 1 is 1.30 bits per heavy atom. The van der Waals surface area contributed by atoms with E-state index in [2.05, 4.69) is 16.5 Å². The van der Waals surface area contributed by atoms with Gasteiger partial charge in [0.1, 0.15) is 6.07 Å². The highest BCUT2D eigenvalue weighted by Crippen LogP contribution is 2.33. The molecule has 7 nitrogen and oxygen atoms in total. The van der Waals surface area contributed by atoms with Crippen LogP contribution in [0.4, 0.5) is 0 Å². The highest BCUT2D eigenvalue weighted by molar-refractivity contribution is 7.16. The van der Waals surface area contributed by atoms with E-state index in [0.29, 0.717) is 35.1 Å². The van der Waals surface area contributed by atoms with Gasteiger partial charge in [-0.2, -0.15) is 10.7 Å². The van der Waals surface area contributed by atoms with E-state index in [1.165, 1.54) is 29.7 Å². The molecule has 33 heavy (non-hydrogen) atoms. The number of benzene rings is 1. The average Bonchev–Trinajstić information content (AvgIpc) is 3.14. The van der Waals surface area contributed by atoms with Crippen LogP contribution in [0.1, 0.15) is 46.8 Å². The zero-order valence-corrected chi connectivity index (χ0v) is 19.8. The number of aromatic nitrogens is 1. The van der Waals surface area contributed by atoms with Crippen molar-refractivity contribution in [2.75, 3.05) is 6.61 Å². The molecule has 0 aliphatic rings. The molecule has 9 heteroatoms. The topological polar surface area (TPSA) is 115 Å². The summed E-state index contributed by atoms with van der Waals surface area (Å²) >= 11 is 7.73. The predicted molar refractivity (Wildman–Crippen MR) is 127 cm³/mol. The summed E-state index contributed by atoms with van der Waals surface area (Å²) in [4.78, 5) is 16.3. The van der Waals surface area contributed by atoms with Crippen LogP contribution in [0.3, 0.4) is 0 Å². The summed E-state index contributed by atoms with van der Waals surface area (Å²) in [5.41, 5.74) is 4.72. The van der Waals surface area contributed by atoms with Crippen LogP contribution in [-0.2, 0) is 12.8 Å². The lowest BCUT2D eigenvalue weighted by atomic mass is 9.98. The van der Waals surface area contributed by atoms with Gasteiger partial charge in [-0.25, -0.2) is 9.78 Å². The van der Waals surface area contributed by atoms with Crippen LogP contribution in [0.15, 0.2) is 42.6 Å². The van der Waals surface area contributed by atoms with Crippen molar-refractivity contribution in [1.82, 2.24) is 10.5 Å². The molecule has 0 fully saturated rings. The minimum Gasteiger partial charge on any atom is -0.490 e. The van der Waals surface area contributed by atoms with E-state index < -0.39 is 11.5 Å². The fourth-order valence-corrected chi connectivity index (χ4v) is 4.94. The molecule has 0 bridgehead atoms. The van der Waals surface area contributed by atoms with Crippen LogP contribution in [-0.4, -0.2) is 33.4 Å². The Morgan fingerprint density at radius 3 is 2.67 bits per heavy atom. The maximum absolute atomic E-state index is 11.1. The molecule has 2 aromatic heterocycles. The number of nitrogens with zero attached hydrogens (tertiary/aromatic N) is 2. The van der Waals surface area contributed by atoms with E-state index in [-0.39, 0.29) is 11.3 Å². The number of halogens is 1. The van der Waals surface area contributed by atoms with Crippen molar-refractivity contribution in [2.45, 2.75) is 38.6 Å². The summed E-state index contributed by atoms with van der Waals surface area (Å²) in [5, 5.41) is 28.0. The van der Waals surface area contributed by atoms with Gasteiger partial charge >= 0.3 is 5.97 Å². The lowest BCUT2D eigenvalue weighted by molar-refractivity contribution is 0.0697. The molecule has 0 amide bonds. The summed E-state index contributed by atoms with van der Waals surface area (Å²) in [6.45, 7) is 4.17. The predicted octanol–water partition coefficient (Wildman–Crippen LogP) is 5.34. The third-order valence-corrected chi connectivity index (χ3v) is 6.37. The molecule has 0 unspecified atom stereocenters. The molecule has 0 aliphatic heterocycles. The molecule has 0 radical (unpaired) electrons. The molecule has 2 heterocycles. The van der Waals surface area contributed by atoms with Crippen LogP contribution >= 0.6 is 22.9 Å². The molecular weight excluding hydrogens is 462 g/mol. The molecule has 3 N–H and O–H groups in total. The summed E-state index contributed by atoms with van der Waals surface area (Å²) in [6, 6.07) is 12.1. The second-order valence-corrected chi connectivity index (χ2v) is 9.92. The van der Waals surface area contributed by atoms with Gasteiger partial charge in [0.05, 0.1) is 16.5 Å². The number of aromatic carboxylic acids is 1. The van der Waals surface area contributed by atoms with E-state index >= 15 is 0 Å². The summed E-state index contributed by atoms with van der Waals surface area (Å²) < 4.78 is 6.69. The Labute approximate surface area is 201 Å². The third kappa shape index (κ3) is 6.30. The van der Waals surface area contributed by atoms with Gasteiger partial charge < -0.3 is 15.1 Å². The minimum absolute atomic E-state index is 0.171. The number of nitrogens with one attached hydrogen (secondary N) is 1. The largest absolute Gasteiger partial charge is 0.490 e. The second-order valence-electron chi connectivity index (χ2n) is 8.15. The quantitative estimate of drug-likeness (QED) is 0.262. The molecule has 0 saturated heterocycles. The molecule has 0 aliphatic carbocycles. The Morgan fingerprint density at radius 2 is 2.03 bits per heavy atom. The Hall–Kier alpha value is -2.96. The van der Waals surface area contributed by atoms with Crippen molar-refractivity contribution in [3.63, 3.8) is 0 Å². The first-order chi connectivity index (χ1) is 15.7. The van der Waals surface area contributed by atoms with Gasteiger partial charge in [0.25, 0.3) is 0 Å². The van der Waals surface area contributed by atoms with Crippen LogP contribution in [0.5, 0.6) is 5.75 Å². The second kappa shape index (κ2) is 10.8. The number of hydrogen-bond acceptors (Lipinski definition) is 7. The van der Waals surface area contributed by atoms with Gasteiger partial charge in [0, 0.05) is 28.6 Å². The first-order valence-electron chi connectivity index (χ1n) is 10.3. The maximum atomic E-state index is 11.1. The number of aryl methyl sites for hydroxylation is 1. The Kier molecular flexibility index (Phi) is 8.06. The summed E-state index contributed by atoms with van der Waals surface area (Å²) in [7, 11) is 0. The van der Waals surface area contributed by atoms with Crippen molar-refractivity contribution in [1.29, 1.82) is 5.26 Å². The van der Waals surface area contributed by atoms with E-state index in [9.17, 15) is 15.3 Å². The standard InChI is InChI=1S/C24H24ClN3O4S/c1-24(2,28-31)13-20-17(12-21(25)33-20)4-3-11-32-22-18(9-10-27-19(22)14-26)15-5-7-16(8-6-15)23(29)30/h5-10,12,28,31H,3-4,11,13H2,1-2H3,(H,29,30). The zero-order chi connectivity index (χ0) is 24.0. The van der Waals surface area contributed by atoms with Gasteiger partial charge in [-0.05, 0) is 62.1 Å². The van der Waals surface area contributed by atoms with Gasteiger partial charge in [0.2, 0.25) is 0 Å². The van der Waals surface area contributed by atoms with Gasteiger partial charge in [-0.15, -0.1) is 11.3 Å². The Bertz CT molecular complexity index is 1170. The van der Waals surface area contributed by atoms with Crippen molar-refractivity contribution >= 4 is 28.9 Å². The van der Waals surface area contributed by atoms with Crippen LogP contribution in [0.25, 0.3) is 11.1 Å². The van der Waals surface area contributed by atoms with Crippen molar-refractivity contribution < 1.29 is 19.8 Å². The van der Waals surface area contributed by atoms with E-state index in [4.69, 9.17) is 21.4 Å². The summed E-state index contributed by atoms with van der Waals surface area (Å²) in [6.07, 6.45) is 3.58. The van der Waals surface area contributed by atoms with Crippen LogP contribution in [0.2, 0.25) is 4.34 Å². The van der Waals surface area contributed by atoms with E-state index in [0.717, 1.165) is 22.4 Å². The number of pyridine rings is 1. The highest BCUT2D eigenvalue weighted by atomic mass is 35.5. The molecular formula is C24H24ClN3O4S. The van der Waals surface area contributed by atoms with Gasteiger partial charge in [-0.1, -0.05) is 23.7 Å². The molecule has 0 saturated carbocycles. The highest BCUT2D eigenvalue weighted by Gasteiger charge is 2.21. The molecule has 172 valence electrons. The maximum Gasteiger partial charge on any atom is 0.335 e. The van der Waals surface area contributed by atoms with E-state index in [1.54, 1.807) is 18.2 Å². The smallest absolute Gasteiger partial charge is 0.335 e. The monoisotopic (exact) mass is 485 g/mol. The average molecular weight is 486 g/mol. The lowest BCUT2D eigenvalue weighted by Crippen LogP contribution is -2.38. The molecule has 0 atom stereocenters. The number of hydrogen-bond donors (Lipinski definition) is 3. The normalized spacial score (nSPS) is 11.2. The number of carboxylic acid groups (broad SMARTS) is 1. The zero-order valence-electron chi connectivity index (χ0n) is 18.3. The summed E-state index contributed by atoms with van der Waals surface area (Å²) in [5.74, 6) is -0.631. The fourth-order valence-electron chi connectivity index (χ4n) is 3.36. The van der Waals surface area contributed by atoms with Gasteiger partial charge in [-0.3, -0.25) is 0 Å². The molecule has 0 spiro atoms. The van der Waals surface area contributed by atoms with Crippen molar-refractivity contribution in [3.8, 4) is 22.9 Å². The number of hydroxylamine groups is 1. The van der Waals surface area contributed by atoms with E-state index in [1.807, 2.05) is 19.9 Å². The number of carboxylic acids is 1. The lowest BCUT2D eigenvalue weighted by Gasteiger charge is -2.22. The number of thiophene rings is 1. The Balaban J connectivity index is 1.73. The van der Waals surface area contributed by atoms with Crippen LogP contribution in [0, 0.1) is 11.3 Å². The fraction of sp³-hybridized carbons (Fsp3) is 0.292. The van der Waals surface area contributed by atoms with Crippen molar-refractivity contribution in [3.05, 3.63) is 68.6 Å². The first-order valence-corrected chi connectivity index (χ1v) is 11.5. The molecule has 3 rings (SSSR count). The third-order valence-electron chi connectivity index (χ3n) is 5.06.